The lowest BCUT2D eigenvalue weighted by Gasteiger charge is -2.56. The van der Waals surface area contributed by atoms with Crippen LogP contribution in [0.5, 0.6) is 0 Å². The van der Waals surface area contributed by atoms with E-state index >= 15 is 0 Å². The second-order valence-electron chi connectivity index (χ2n) is 8.42. The van der Waals surface area contributed by atoms with E-state index in [1.165, 1.54) is 51.6 Å². The fourth-order valence-corrected chi connectivity index (χ4v) is 4.39. The van der Waals surface area contributed by atoms with Crippen LogP contribution in [0.3, 0.4) is 0 Å². The summed E-state index contributed by atoms with van der Waals surface area (Å²) in [5, 5.41) is 3.78. The molecule has 2 heterocycles. The van der Waals surface area contributed by atoms with Crippen LogP contribution in [0.2, 0.25) is 0 Å². The Labute approximate surface area is 124 Å². The highest BCUT2D eigenvalue weighted by atomic mass is 16.5. The summed E-state index contributed by atoms with van der Waals surface area (Å²) < 4.78 is 5.52. The van der Waals surface area contributed by atoms with Crippen LogP contribution in [0.1, 0.15) is 59.3 Å². The minimum absolute atomic E-state index is 0.264. The Morgan fingerprint density at radius 3 is 2.15 bits per heavy atom. The molecule has 2 saturated heterocycles. The standard InChI is InChI=1S/C17H32N2O/c1-16(2,3)18-14-4-6-15(7-5-14)19-12-17(13-19)8-10-20-11-9-17/h14-15,18H,4-13H2,1-3H3. The van der Waals surface area contributed by atoms with Crippen LogP contribution in [-0.4, -0.2) is 48.8 Å². The molecule has 0 aromatic carbocycles. The molecule has 1 N–H and O–H groups in total. The second-order valence-corrected chi connectivity index (χ2v) is 8.42. The Kier molecular flexibility index (Phi) is 4.13. The number of hydrogen-bond acceptors (Lipinski definition) is 3. The van der Waals surface area contributed by atoms with E-state index in [-0.39, 0.29) is 5.54 Å². The van der Waals surface area contributed by atoms with Crippen LogP contribution in [0, 0.1) is 5.41 Å². The molecule has 0 radical (unpaired) electrons. The molecule has 1 saturated carbocycles. The molecule has 0 aromatic rings. The first-order valence-electron chi connectivity index (χ1n) is 8.55. The average molecular weight is 280 g/mol. The fourth-order valence-electron chi connectivity index (χ4n) is 4.39. The topological polar surface area (TPSA) is 24.5 Å². The third-order valence-electron chi connectivity index (χ3n) is 5.48. The summed E-state index contributed by atoms with van der Waals surface area (Å²) in [5.41, 5.74) is 0.902. The fraction of sp³-hybridized carbons (Fsp3) is 1.00. The Bertz CT molecular complexity index is 314. The molecule has 3 aliphatic rings. The Balaban J connectivity index is 1.41. The van der Waals surface area contributed by atoms with Crippen molar-refractivity contribution in [1.82, 2.24) is 10.2 Å². The van der Waals surface area contributed by atoms with Gasteiger partial charge in [0.1, 0.15) is 0 Å². The molecule has 3 heteroatoms. The van der Waals surface area contributed by atoms with Gasteiger partial charge in [-0.2, -0.15) is 0 Å². The van der Waals surface area contributed by atoms with Crippen molar-refractivity contribution < 1.29 is 4.74 Å². The first kappa shape index (κ1) is 14.8. The Hall–Kier alpha value is -0.120. The van der Waals surface area contributed by atoms with Gasteiger partial charge in [0.25, 0.3) is 0 Å². The maximum atomic E-state index is 5.52. The molecule has 3 rings (SSSR count). The smallest absolute Gasteiger partial charge is 0.0472 e. The van der Waals surface area contributed by atoms with Crippen LogP contribution in [-0.2, 0) is 4.74 Å². The first-order chi connectivity index (χ1) is 9.46. The molecule has 116 valence electrons. The number of rotatable bonds is 2. The van der Waals surface area contributed by atoms with Crippen LogP contribution in [0.15, 0.2) is 0 Å². The van der Waals surface area contributed by atoms with E-state index < -0.39 is 0 Å². The highest BCUT2D eigenvalue weighted by Gasteiger charge is 2.46. The van der Waals surface area contributed by atoms with Gasteiger partial charge in [-0.1, -0.05) is 0 Å². The van der Waals surface area contributed by atoms with Crippen LogP contribution in [0.25, 0.3) is 0 Å². The largest absolute Gasteiger partial charge is 0.381 e. The van der Waals surface area contributed by atoms with E-state index in [0.717, 1.165) is 25.3 Å². The summed E-state index contributed by atoms with van der Waals surface area (Å²) in [6, 6.07) is 1.60. The minimum Gasteiger partial charge on any atom is -0.381 e. The van der Waals surface area contributed by atoms with E-state index in [1.807, 2.05) is 0 Å². The highest BCUT2D eigenvalue weighted by Crippen LogP contribution is 2.42. The SMILES string of the molecule is CC(C)(C)NC1CCC(N2CC3(CCOCC3)C2)CC1. The number of nitrogens with one attached hydrogen (secondary N) is 1. The molecular formula is C17H32N2O. The molecule has 0 unspecified atom stereocenters. The monoisotopic (exact) mass is 280 g/mol. The molecule has 1 aliphatic carbocycles. The predicted octanol–water partition coefficient (Wildman–Crippen LogP) is 2.80. The third-order valence-corrected chi connectivity index (χ3v) is 5.48. The predicted molar refractivity (Wildman–Crippen MR) is 83.0 cm³/mol. The molecule has 20 heavy (non-hydrogen) atoms. The van der Waals surface area contributed by atoms with Crippen molar-refractivity contribution >= 4 is 0 Å². The summed E-state index contributed by atoms with van der Waals surface area (Å²) >= 11 is 0. The van der Waals surface area contributed by atoms with Gasteiger partial charge in [-0.15, -0.1) is 0 Å². The summed E-state index contributed by atoms with van der Waals surface area (Å²) in [5.74, 6) is 0. The van der Waals surface area contributed by atoms with Gasteiger partial charge >= 0.3 is 0 Å². The van der Waals surface area contributed by atoms with Gasteiger partial charge in [0.15, 0.2) is 0 Å². The van der Waals surface area contributed by atoms with E-state index in [9.17, 15) is 0 Å². The number of nitrogens with zero attached hydrogens (tertiary/aromatic N) is 1. The van der Waals surface area contributed by atoms with Gasteiger partial charge in [-0.3, -0.25) is 4.90 Å². The third kappa shape index (κ3) is 3.37. The van der Waals surface area contributed by atoms with Gasteiger partial charge in [-0.25, -0.2) is 0 Å². The van der Waals surface area contributed by atoms with Crippen molar-refractivity contribution in [1.29, 1.82) is 0 Å². The molecule has 3 nitrogen and oxygen atoms in total. The molecule has 2 aliphatic heterocycles. The van der Waals surface area contributed by atoms with E-state index in [1.54, 1.807) is 0 Å². The van der Waals surface area contributed by atoms with Crippen molar-refractivity contribution in [3.8, 4) is 0 Å². The summed E-state index contributed by atoms with van der Waals surface area (Å²) in [6.07, 6.45) is 8.08. The van der Waals surface area contributed by atoms with Gasteiger partial charge in [0.2, 0.25) is 0 Å². The van der Waals surface area contributed by atoms with Crippen molar-refractivity contribution in [2.75, 3.05) is 26.3 Å². The lowest BCUT2D eigenvalue weighted by Crippen LogP contribution is -2.62. The summed E-state index contributed by atoms with van der Waals surface area (Å²) in [4.78, 5) is 2.76. The average Bonchev–Trinajstić information content (AvgIpc) is 2.36. The molecule has 0 amide bonds. The minimum atomic E-state index is 0.264. The van der Waals surface area contributed by atoms with Crippen molar-refractivity contribution in [3.05, 3.63) is 0 Å². The maximum absolute atomic E-state index is 5.52. The van der Waals surface area contributed by atoms with Crippen molar-refractivity contribution in [3.63, 3.8) is 0 Å². The zero-order valence-electron chi connectivity index (χ0n) is 13.6. The lowest BCUT2D eigenvalue weighted by molar-refractivity contribution is -0.103. The number of ether oxygens (including phenoxy) is 1. The molecule has 0 bridgehead atoms. The molecule has 0 aromatic heterocycles. The Morgan fingerprint density at radius 2 is 1.60 bits per heavy atom. The van der Waals surface area contributed by atoms with Crippen LogP contribution in [0.4, 0.5) is 0 Å². The van der Waals surface area contributed by atoms with Gasteiger partial charge < -0.3 is 10.1 Å². The van der Waals surface area contributed by atoms with Crippen molar-refractivity contribution in [2.24, 2.45) is 5.41 Å². The van der Waals surface area contributed by atoms with E-state index in [4.69, 9.17) is 4.74 Å². The quantitative estimate of drug-likeness (QED) is 0.842. The zero-order valence-corrected chi connectivity index (χ0v) is 13.6. The number of hydrogen-bond donors (Lipinski definition) is 1. The first-order valence-corrected chi connectivity index (χ1v) is 8.55. The highest BCUT2D eigenvalue weighted by molar-refractivity contribution is 5.00. The van der Waals surface area contributed by atoms with E-state index in [0.29, 0.717) is 5.41 Å². The molecular weight excluding hydrogens is 248 g/mol. The normalized spacial score (nSPS) is 35.0. The van der Waals surface area contributed by atoms with Crippen LogP contribution >= 0.6 is 0 Å². The summed E-state index contributed by atoms with van der Waals surface area (Å²) in [6.45, 7) is 11.5. The zero-order chi connectivity index (χ0) is 14.2. The van der Waals surface area contributed by atoms with Gasteiger partial charge in [0.05, 0.1) is 0 Å². The molecule has 0 atom stereocenters. The molecule has 3 fully saturated rings. The summed E-state index contributed by atoms with van der Waals surface area (Å²) in [7, 11) is 0. The van der Waals surface area contributed by atoms with Gasteiger partial charge in [-0.05, 0) is 59.3 Å². The van der Waals surface area contributed by atoms with Gasteiger partial charge in [0, 0.05) is 49.3 Å². The Morgan fingerprint density at radius 1 is 1.00 bits per heavy atom. The number of likely N-dealkylation sites (tertiary alicyclic amines) is 1. The maximum Gasteiger partial charge on any atom is 0.0472 e. The lowest BCUT2D eigenvalue weighted by atomic mass is 9.71. The second kappa shape index (κ2) is 5.58. The van der Waals surface area contributed by atoms with Crippen molar-refractivity contribution in [2.45, 2.75) is 76.9 Å². The van der Waals surface area contributed by atoms with E-state index in [2.05, 4.69) is 31.0 Å². The molecule has 1 spiro atoms. The van der Waals surface area contributed by atoms with Crippen LogP contribution < -0.4 is 5.32 Å².